The van der Waals surface area contributed by atoms with Crippen LogP contribution >= 0.6 is 0 Å². The number of ether oxygens (including phenoxy) is 1. The molecule has 0 saturated heterocycles. The Hall–Kier alpha value is -2.66. The fourth-order valence-electron chi connectivity index (χ4n) is 2.77. The van der Waals surface area contributed by atoms with Gasteiger partial charge in [-0.05, 0) is 44.0 Å². The van der Waals surface area contributed by atoms with Crippen molar-refractivity contribution in [1.82, 2.24) is 4.57 Å². The van der Waals surface area contributed by atoms with Crippen LogP contribution in [-0.2, 0) is 31.3 Å². The summed E-state index contributed by atoms with van der Waals surface area (Å²) in [7, 11) is -13.4. The molecule has 2 aromatic rings. The lowest BCUT2D eigenvalue weighted by atomic mass is 10.1. The van der Waals surface area contributed by atoms with Crippen LogP contribution in [0, 0.1) is 0 Å². The quantitative estimate of drug-likeness (QED) is 0.157. The molecule has 216 valence electrons. The number of hydrogen-bond donors (Lipinski definition) is 0. The molecule has 1 aromatic carbocycles. The van der Waals surface area contributed by atoms with Gasteiger partial charge in [-0.15, -0.1) is 0 Å². The van der Waals surface area contributed by atoms with E-state index in [9.17, 15) is 48.0 Å². The molecule has 17 heteroatoms. The van der Waals surface area contributed by atoms with Crippen molar-refractivity contribution in [3.05, 3.63) is 52.7 Å². The standard InChI is InChI=1S/C19H27N2O2.C2F6NO4S2/c1-3-5-6-7-8-13-20-14-15-21(16-20)18-11-9-17(10-12-18)19(22)23-4-2;3-1(4,5)14(10,11)9-15(12,13)2(6,7)8/h9-12,14-16H,3-8,13H2,1-2H3;/q+1;-1. The number of carbonyl (C=O) groups is 1. The second kappa shape index (κ2) is 13.9. The summed E-state index contributed by atoms with van der Waals surface area (Å²) < 4.78 is 118. The number of aryl methyl sites for hydroxylation is 1. The number of carbonyl (C=O) groups excluding carboxylic acids is 1. The zero-order valence-electron chi connectivity index (χ0n) is 20.4. The molecule has 0 atom stereocenters. The number of esters is 1. The van der Waals surface area contributed by atoms with Crippen molar-refractivity contribution < 1.29 is 57.3 Å². The van der Waals surface area contributed by atoms with E-state index >= 15 is 0 Å². The fraction of sp³-hybridized carbons (Fsp3) is 0.524. The highest BCUT2D eigenvalue weighted by atomic mass is 32.3. The molecule has 0 aliphatic heterocycles. The molecule has 38 heavy (non-hydrogen) atoms. The lowest BCUT2D eigenvalue weighted by Gasteiger charge is -2.22. The van der Waals surface area contributed by atoms with Gasteiger partial charge in [0.2, 0.25) is 6.33 Å². The van der Waals surface area contributed by atoms with Crippen LogP contribution in [0.5, 0.6) is 0 Å². The fourth-order valence-corrected chi connectivity index (χ4v) is 4.48. The van der Waals surface area contributed by atoms with Crippen LogP contribution in [-0.4, -0.2) is 45.0 Å². The van der Waals surface area contributed by atoms with Gasteiger partial charge < -0.3 is 8.86 Å². The first kappa shape index (κ1) is 33.4. The monoisotopic (exact) mass is 595 g/mol. The largest absolute Gasteiger partial charge is 0.480 e. The van der Waals surface area contributed by atoms with Crippen LogP contribution in [0.4, 0.5) is 26.3 Å². The van der Waals surface area contributed by atoms with Crippen LogP contribution in [0.1, 0.15) is 56.3 Å². The second-order valence-electron chi connectivity index (χ2n) is 7.66. The molecule has 0 fully saturated rings. The molecule has 0 aliphatic rings. The van der Waals surface area contributed by atoms with Crippen LogP contribution < -0.4 is 4.57 Å². The number of imidazole rings is 1. The maximum Gasteiger partial charge on any atom is 0.480 e. The molecule has 0 unspecified atom stereocenters. The maximum atomic E-state index is 11.7. The van der Waals surface area contributed by atoms with E-state index in [-0.39, 0.29) is 5.97 Å². The van der Waals surface area contributed by atoms with Gasteiger partial charge in [-0.2, -0.15) is 26.3 Å². The highest BCUT2D eigenvalue weighted by Crippen LogP contribution is 2.36. The molecule has 0 radical (unpaired) electrons. The molecule has 0 bridgehead atoms. The summed E-state index contributed by atoms with van der Waals surface area (Å²) in [6.07, 6.45) is 12.7. The van der Waals surface area contributed by atoms with Crippen molar-refractivity contribution >= 4 is 26.0 Å². The Morgan fingerprint density at radius 3 is 1.89 bits per heavy atom. The van der Waals surface area contributed by atoms with Crippen molar-refractivity contribution in [3.8, 4) is 5.69 Å². The van der Waals surface area contributed by atoms with E-state index in [0.29, 0.717) is 12.2 Å². The zero-order valence-corrected chi connectivity index (χ0v) is 22.0. The Morgan fingerprint density at radius 2 is 1.42 bits per heavy atom. The molecule has 0 spiro atoms. The first-order valence-electron chi connectivity index (χ1n) is 11.2. The normalized spacial score (nSPS) is 12.5. The van der Waals surface area contributed by atoms with E-state index in [1.807, 2.05) is 37.4 Å². The maximum absolute atomic E-state index is 11.7. The third-order valence-corrected chi connectivity index (χ3v) is 7.41. The molecular formula is C21H27F6N3O6S2. The van der Waals surface area contributed by atoms with Crippen LogP contribution in [0.3, 0.4) is 0 Å². The minimum absolute atomic E-state index is 0.270. The van der Waals surface area contributed by atoms with Gasteiger partial charge in [0.1, 0.15) is 18.1 Å². The number of rotatable bonds is 11. The Bertz CT molecular complexity index is 1200. The van der Waals surface area contributed by atoms with Gasteiger partial charge in [0.15, 0.2) is 20.0 Å². The van der Waals surface area contributed by atoms with Crippen molar-refractivity contribution in [3.63, 3.8) is 0 Å². The first-order valence-corrected chi connectivity index (χ1v) is 14.0. The molecule has 0 aliphatic carbocycles. The predicted octanol–water partition coefficient (Wildman–Crippen LogP) is 4.97. The molecule has 9 nitrogen and oxygen atoms in total. The smallest absolute Gasteiger partial charge is 0.462 e. The van der Waals surface area contributed by atoms with E-state index in [2.05, 4.69) is 28.6 Å². The van der Waals surface area contributed by atoms with Crippen molar-refractivity contribution in [2.24, 2.45) is 0 Å². The minimum Gasteiger partial charge on any atom is -0.462 e. The number of nitrogens with zero attached hydrogens (tertiary/aromatic N) is 3. The van der Waals surface area contributed by atoms with Crippen molar-refractivity contribution in [2.45, 2.75) is 63.5 Å². The Kier molecular flexibility index (Phi) is 12.2. The molecule has 1 heterocycles. The third-order valence-electron chi connectivity index (χ3n) is 4.67. The van der Waals surface area contributed by atoms with E-state index in [0.717, 1.165) is 16.4 Å². The number of benzene rings is 1. The van der Waals surface area contributed by atoms with Gasteiger partial charge in [0.05, 0.1) is 18.7 Å². The summed E-state index contributed by atoms with van der Waals surface area (Å²) in [5, 5.41) is 0. The second-order valence-corrected chi connectivity index (χ2v) is 11.1. The summed E-state index contributed by atoms with van der Waals surface area (Å²) in [6, 6.07) is 7.50. The molecular weight excluding hydrogens is 568 g/mol. The lowest BCUT2D eigenvalue weighted by Crippen LogP contribution is -2.30. The minimum atomic E-state index is -6.72. The Labute approximate surface area is 216 Å². The molecule has 0 saturated carbocycles. The van der Waals surface area contributed by atoms with E-state index < -0.39 is 31.1 Å². The number of hydrogen-bond acceptors (Lipinski definition) is 6. The summed E-state index contributed by atoms with van der Waals surface area (Å²) in [6.45, 7) is 5.50. The van der Waals surface area contributed by atoms with Gasteiger partial charge >= 0.3 is 17.0 Å². The van der Waals surface area contributed by atoms with Crippen LogP contribution in [0.25, 0.3) is 9.81 Å². The zero-order chi connectivity index (χ0) is 29.2. The summed E-state index contributed by atoms with van der Waals surface area (Å²) in [5.41, 5.74) is -10.8. The van der Waals surface area contributed by atoms with E-state index in [1.165, 1.54) is 32.1 Å². The Morgan fingerprint density at radius 1 is 0.895 bits per heavy atom. The van der Waals surface area contributed by atoms with Crippen LogP contribution in [0.15, 0.2) is 43.0 Å². The van der Waals surface area contributed by atoms with Gasteiger partial charge in [-0.1, -0.05) is 26.2 Å². The Balaban J connectivity index is 0.000000420. The average molecular weight is 596 g/mol. The van der Waals surface area contributed by atoms with Gasteiger partial charge in [0, 0.05) is 0 Å². The first-order chi connectivity index (χ1) is 17.4. The molecule has 0 N–H and O–H groups in total. The van der Waals surface area contributed by atoms with Crippen molar-refractivity contribution in [1.29, 1.82) is 0 Å². The van der Waals surface area contributed by atoms with Crippen molar-refractivity contribution in [2.75, 3.05) is 6.61 Å². The van der Waals surface area contributed by atoms with Crippen LogP contribution in [0.2, 0.25) is 0 Å². The number of alkyl halides is 6. The SMILES string of the molecule is CCCCCCC[n+]1ccn(-c2ccc(C(=O)OCC)cc2)c1.O=S(=O)([N-]S(=O)(=O)C(F)(F)F)C(F)(F)F. The van der Waals surface area contributed by atoms with E-state index in [1.54, 1.807) is 0 Å². The summed E-state index contributed by atoms with van der Waals surface area (Å²) >= 11 is 0. The highest BCUT2D eigenvalue weighted by Gasteiger charge is 2.46. The van der Waals surface area contributed by atoms with E-state index in [4.69, 9.17) is 4.74 Å². The predicted molar refractivity (Wildman–Crippen MR) is 124 cm³/mol. The van der Waals surface area contributed by atoms with Gasteiger partial charge in [0.25, 0.3) is 0 Å². The molecule has 0 amide bonds. The third kappa shape index (κ3) is 10.2. The summed E-state index contributed by atoms with van der Waals surface area (Å²) in [5.74, 6) is -0.270. The van der Waals surface area contributed by atoms with Gasteiger partial charge in [-0.3, -0.25) is 0 Å². The molecule has 1 aromatic heterocycles. The lowest BCUT2D eigenvalue weighted by molar-refractivity contribution is -0.696. The highest BCUT2D eigenvalue weighted by molar-refractivity contribution is 8.13. The number of halogens is 6. The average Bonchev–Trinajstić information content (AvgIpc) is 3.26. The topological polar surface area (TPSA) is 117 Å². The van der Waals surface area contributed by atoms with Gasteiger partial charge in [-0.25, -0.2) is 30.8 Å². The number of unbranched alkanes of at least 4 members (excludes halogenated alkanes) is 4. The molecule has 2 rings (SSSR count). The number of sulfonamides is 2. The number of aromatic nitrogens is 2. The summed E-state index contributed by atoms with van der Waals surface area (Å²) in [4.78, 5) is 11.7.